The van der Waals surface area contributed by atoms with E-state index in [1.807, 2.05) is 57.2 Å². The molecule has 1 atom stereocenters. The van der Waals surface area contributed by atoms with Crippen molar-refractivity contribution in [2.75, 3.05) is 19.7 Å². The topological polar surface area (TPSA) is 105 Å². The molecule has 2 aliphatic rings. The van der Waals surface area contributed by atoms with E-state index in [0.29, 0.717) is 13.1 Å². The zero-order valence-electron chi connectivity index (χ0n) is 20.3. The zero-order chi connectivity index (χ0) is 25.2. The SMILES string of the molecule is CC(C)(C)OC1CN(C(=O)C(CCC(=O)O)NC(=O)OCC2c3ccccc3-c3ccccc32)C1. The Bertz CT molecular complexity index is 1060. The van der Waals surface area contributed by atoms with Crippen molar-refractivity contribution in [3.8, 4) is 11.1 Å². The molecule has 1 unspecified atom stereocenters. The van der Waals surface area contributed by atoms with Crippen molar-refractivity contribution in [3.63, 3.8) is 0 Å². The van der Waals surface area contributed by atoms with E-state index < -0.39 is 18.1 Å². The van der Waals surface area contributed by atoms with Gasteiger partial charge in [0.05, 0.1) is 11.7 Å². The molecule has 2 N–H and O–H groups in total. The number of likely N-dealkylation sites (tertiary alicyclic amines) is 1. The molecule has 1 saturated heterocycles. The Labute approximate surface area is 205 Å². The van der Waals surface area contributed by atoms with Gasteiger partial charge in [-0.25, -0.2) is 4.79 Å². The summed E-state index contributed by atoms with van der Waals surface area (Å²) in [5, 5.41) is 11.7. The van der Waals surface area contributed by atoms with Crippen LogP contribution >= 0.6 is 0 Å². The second kappa shape index (κ2) is 10.1. The predicted molar refractivity (Wildman–Crippen MR) is 130 cm³/mol. The highest BCUT2D eigenvalue weighted by molar-refractivity contribution is 5.87. The maximum atomic E-state index is 13.0. The molecule has 1 fully saturated rings. The normalized spacial score (nSPS) is 16.1. The van der Waals surface area contributed by atoms with Gasteiger partial charge in [-0.15, -0.1) is 0 Å². The minimum absolute atomic E-state index is 0.0142. The van der Waals surface area contributed by atoms with Crippen LogP contribution in [0.5, 0.6) is 0 Å². The van der Waals surface area contributed by atoms with E-state index in [0.717, 1.165) is 22.3 Å². The largest absolute Gasteiger partial charge is 0.481 e. The molecule has 35 heavy (non-hydrogen) atoms. The molecule has 2 aromatic rings. The number of amides is 2. The minimum Gasteiger partial charge on any atom is -0.481 e. The van der Waals surface area contributed by atoms with Crippen LogP contribution in [0.4, 0.5) is 4.79 Å². The average Bonchev–Trinajstić information content (AvgIpc) is 3.10. The molecule has 1 aliphatic heterocycles. The number of hydrogen-bond acceptors (Lipinski definition) is 5. The number of alkyl carbamates (subject to hydrolysis) is 1. The predicted octanol–water partition coefficient (Wildman–Crippen LogP) is 3.78. The molecule has 186 valence electrons. The molecular weight excluding hydrogens is 448 g/mol. The van der Waals surface area contributed by atoms with Crippen LogP contribution in [0.3, 0.4) is 0 Å². The monoisotopic (exact) mass is 480 g/mol. The fourth-order valence-electron chi connectivity index (χ4n) is 4.72. The molecule has 8 nitrogen and oxygen atoms in total. The van der Waals surface area contributed by atoms with E-state index >= 15 is 0 Å². The second-order valence-corrected chi connectivity index (χ2v) is 10.1. The Morgan fingerprint density at radius 3 is 2.14 bits per heavy atom. The third-order valence-electron chi connectivity index (χ3n) is 6.26. The van der Waals surface area contributed by atoms with Crippen molar-refractivity contribution < 1.29 is 29.0 Å². The molecule has 2 aromatic carbocycles. The fourth-order valence-corrected chi connectivity index (χ4v) is 4.72. The minimum atomic E-state index is -1.03. The lowest BCUT2D eigenvalue weighted by Crippen LogP contribution is -2.61. The Morgan fingerprint density at radius 1 is 1.03 bits per heavy atom. The van der Waals surface area contributed by atoms with Crippen LogP contribution in [0.15, 0.2) is 48.5 Å². The number of carboxylic acid groups (broad SMARTS) is 1. The standard InChI is InChI=1S/C27H32N2O6/c1-27(2,3)35-17-14-29(15-17)25(32)23(12-13-24(30)31)28-26(33)34-16-22-20-10-6-4-8-18(20)19-9-5-7-11-21(19)22/h4-11,17,22-23H,12-16H2,1-3H3,(H,28,33)(H,30,31). The number of carbonyl (C=O) groups excluding carboxylic acids is 2. The van der Waals surface area contributed by atoms with Crippen molar-refractivity contribution in [1.29, 1.82) is 0 Å². The Kier molecular flexibility index (Phi) is 7.12. The first-order valence-corrected chi connectivity index (χ1v) is 11.9. The highest BCUT2D eigenvalue weighted by atomic mass is 16.5. The maximum Gasteiger partial charge on any atom is 0.407 e. The molecule has 0 bridgehead atoms. The summed E-state index contributed by atoms with van der Waals surface area (Å²) in [6.45, 7) is 6.78. The van der Waals surface area contributed by atoms with E-state index in [1.165, 1.54) is 0 Å². The number of rotatable bonds is 8. The van der Waals surface area contributed by atoms with Crippen molar-refractivity contribution in [2.45, 2.75) is 57.3 Å². The summed E-state index contributed by atoms with van der Waals surface area (Å²) < 4.78 is 11.4. The molecular formula is C27H32N2O6. The summed E-state index contributed by atoms with van der Waals surface area (Å²) in [5.41, 5.74) is 4.10. The molecule has 1 heterocycles. The van der Waals surface area contributed by atoms with Crippen molar-refractivity contribution >= 4 is 18.0 Å². The van der Waals surface area contributed by atoms with Gasteiger partial charge in [-0.2, -0.15) is 0 Å². The molecule has 1 aliphatic carbocycles. The van der Waals surface area contributed by atoms with E-state index in [4.69, 9.17) is 14.6 Å². The number of hydrogen-bond donors (Lipinski definition) is 2. The molecule has 4 rings (SSSR count). The highest BCUT2D eigenvalue weighted by Crippen LogP contribution is 2.44. The van der Waals surface area contributed by atoms with Crippen LogP contribution in [-0.4, -0.2) is 65.4 Å². The van der Waals surface area contributed by atoms with Crippen LogP contribution in [0.2, 0.25) is 0 Å². The van der Waals surface area contributed by atoms with Gasteiger partial charge in [0.2, 0.25) is 5.91 Å². The Balaban J connectivity index is 1.37. The molecule has 0 aromatic heterocycles. The molecule has 0 spiro atoms. The third kappa shape index (κ3) is 5.82. The highest BCUT2D eigenvalue weighted by Gasteiger charge is 2.38. The number of nitrogens with zero attached hydrogens (tertiary/aromatic N) is 1. The lowest BCUT2D eigenvalue weighted by molar-refractivity contribution is -0.159. The summed E-state index contributed by atoms with van der Waals surface area (Å²) in [5.74, 6) is -1.46. The number of carboxylic acids is 1. The first kappa shape index (κ1) is 24.7. The Morgan fingerprint density at radius 2 is 1.60 bits per heavy atom. The summed E-state index contributed by atoms with van der Waals surface area (Å²) in [7, 11) is 0. The number of fused-ring (bicyclic) bond motifs is 3. The van der Waals surface area contributed by atoms with Crippen molar-refractivity contribution in [2.24, 2.45) is 0 Å². The van der Waals surface area contributed by atoms with Crippen LogP contribution < -0.4 is 5.32 Å². The van der Waals surface area contributed by atoms with Crippen molar-refractivity contribution in [3.05, 3.63) is 59.7 Å². The van der Waals surface area contributed by atoms with Crippen LogP contribution in [0.1, 0.15) is 50.7 Å². The van der Waals surface area contributed by atoms with E-state index in [9.17, 15) is 14.4 Å². The number of benzene rings is 2. The molecule has 0 saturated carbocycles. The summed E-state index contributed by atoms with van der Waals surface area (Å²) in [4.78, 5) is 38.4. The fraction of sp³-hybridized carbons (Fsp3) is 0.444. The smallest absolute Gasteiger partial charge is 0.407 e. The average molecular weight is 481 g/mol. The number of nitrogens with one attached hydrogen (secondary N) is 1. The zero-order valence-corrected chi connectivity index (χ0v) is 20.3. The first-order valence-electron chi connectivity index (χ1n) is 11.9. The quantitative estimate of drug-likeness (QED) is 0.596. The van der Waals surface area contributed by atoms with E-state index in [2.05, 4.69) is 17.4 Å². The molecule has 8 heteroatoms. The van der Waals surface area contributed by atoms with Gasteiger partial charge < -0.3 is 24.8 Å². The van der Waals surface area contributed by atoms with Crippen LogP contribution in [-0.2, 0) is 19.1 Å². The summed E-state index contributed by atoms with van der Waals surface area (Å²) in [6.07, 6.45) is -1.07. The maximum absolute atomic E-state index is 13.0. The second-order valence-electron chi connectivity index (χ2n) is 10.1. The van der Waals surface area contributed by atoms with Gasteiger partial charge >= 0.3 is 12.1 Å². The number of aliphatic carboxylic acids is 1. The summed E-state index contributed by atoms with van der Waals surface area (Å²) >= 11 is 0. The van der Waals surface area contributed by atoms with Gasteiger partial charge in [0, 0.05) is 25.4 Å². The van der Waals surface area contributed by atoms with E-state index in [1.54, 1.807) is 4.90 Å². The van der Waals surface area contributed by atoms with Gasteiger partial charge in [0.25, 0.3) is 0 Å². The van der Waals surface area contributed by atoms with Gasteiger partial charge in [-0.1, -0.05) is 48.5 Å². The van der Waals surface area contributed by atoms with Crippen LogP contribution in [0.25, 0.3) is 11.1 Å². The van der Waals surface area contributed by atoms with Crippen molar-refractivity contribution in [1.82, 2.24) is 10.2 Å². The third-order valence-corrected chi connectivity index (χ3v) is 6.26. The lowest BCUT2D eigenvalue weighted by atomic mass is 9.98. The lowest BCUT2D eigenvalue weighted by Gasteiger charge is -2.43. The Hall–Kier alpha value is -3.39. The van der Waals surface area contributed by atoms with Gasteiger partial charge in [0.1, 0.15) is 12.6 Å². The van der Waals surface area contributed by atoms with Gasteiger partial charge in [0.15, 0.2) is 0 Å². The molecule has 0 radical (unpaired) electrons. The number of ether oxygens (including phenoxy) is 2. The number of carbonyl (C=O) groups is 3. The molecule has 2 amide bonds. The van der Waals surface area contributed by atoms with Gasteiger partial charge in [-0.3, -0.25) is 9.59 Å². The first-order chi connectivity index (χ1) is 16.6. The van der Waals surface area contributed by atoms with E-state index in [-0.39, 0.29) is 43.0 Å². The van der Waals surface area contributed by atoms with Gasteiger partial charge in [-0.05, 0) is 49.4 Å². The van der Waals surface area contributed by atoms with Crippen LogP contribution in [0, 0.1) is 0 Å². The summed E-state index contributed by atoms with van der Waals surface area (Å²) in [6, 6.07) is 15.1.